The molecule has 0 amide bonds. The fourth-order valence-corrected chi connectivity index (χ4v) is 4.46. The van der Waals surface area contributed by atoms with Crippen LogP contribution < -0.4 is 9.47 Å². The average Bonchev–Trinajstić information content (AvgIpc) is 2.84. The summed E-state index contributed by atoms with van der Waals surface area (Å²) >= 11 is 0. The van der Waals surface area contributed by atoms with E-state index in [2.05, 4.69) is 0 Å². The van der Waals surface area contributed by atoms with Crippen LogP contribution in [-0.4, -0.2) is 47.1 Å². The second kappa shape index (κ2) is 12.0. The van der Waals surface area contributed by atoms with Crippen molar-refractivity contribution in [3.8, 4) is 11.5 Å². The Labute approximate surface area is 227 Å². The predicted molar refractivity (Wildman–Crippen MR) is 144 cm³/mol. The van der Waals surface area contributed by atoms with Gasteiger partial charge < -0.3 is 24.8 Å². The zero-order valence-corrected chi connectivity index (χ0v) is 22.9. The third-order valence-corrected chi connectivity index (χ3v) is 6.88. The minimum Gasteiger partial charge on any atom is -0.493 e. The Morgan fingerprint density at radius 1 is 0.718 bits per heavy atom. The van der Waals surface area contributed by atoms with Crippen molar-refractivity contribution >= 4 is 0 Å². The number of hydrogen-bond acceptors (Lipinski definition) is 5. The molecule has 0 radical (unpaired) electrons. The molecule has 0 fully saturated rings. The Hall–Kier alpha value is -3.07. The molecule has 212 valence electrons. The summed E-state index contributed by atoms with van der Waals surface area (Å²) in [5.41, 5.74) is -1.80. The van der Waals surface area contributed by atoms with E-state index in [0.717, 1.165) is 0 Å². The van der Waals surface area contributed by atoms with E-state index in [1.165, 1.54) is 48.5 Å². The standard InChI is InChI=1S/C31H37F3O5/c1-20-17-23(11-13-25(20)38-16-15-28(36)37)30(31(32,33)34,22-9-7-6-8-10-22)24-12-14-26(21(2)18-24)39-19-27(35)29(3,4)5/h6-14,17-18,27-28,35-37H,15-16,19H2,1-5H3. The number of hydrogen-bond donors (Lipinski definition) is 3. The Bertz CT molecular complexity index is 1240. The molecule has 0 saturated heterocycles. The first kappa shape index (κ1) is 30.5. The van der Waals surface area contributed by atoms with E-state index in [0.29, 0.717) is 22.6 Å². The third-order valence-electron chi connectivity index (χ3n) is 6.88. The molecule has 2 atom stereocenters. The first-order chi connectivity index (χ1) is 18.2. The lowest BCUT2D eigenvalue weighted by molar-refractivity contribution is -0.166. The zero-order valence-electron chi connectivity index (χ0n) is 22.9. The van der Waals surface area contributed by atoms with Gasteiger partial charge in [-0.3, -0.25) is 0 Å². The normalized spacial score (nSPS) is 14.7. The fourth-order valence-electron chi connectivity index (χ4n) is 4.46. The highest BCUT2D eigenvalue weighted by atomic mass is 19.4. The Morgan fingerprint density at radius 2 is 1.23 bits per heavy atom. The van der Waals surface area contributed by atoms with Gasteiger partial charge in [-0.15, -0.1) is 0 Å². The fraction of sp³-hybridized carbons (Fsp3) is 0.419. The molecule has 0 aliphatic heterocycles. The van der Waals surface area contributed by atoms with Crippen molar-refractivity contribution in [2.45, 2.75) is 65.0 Å². The van der Waals surface area contributed by atoms with Crippen LogP contribution in [0.3, 0.4) is 0 Å². The maximum Gasteiger partial charge on any atom is 0.406 e. The molecule has 8 heteroatoms. The number of aryl methyl sites for hydroxylation is 2. The highest BCUT2D eigenvalue weighted by Crippen LogP contribution is 2.52. The number of aliphatic hydroxyl groups is 3. The van der Waals surface area contributed by atoms with Crippen molar-refractivity contribution in [3.05, 3.63) is 94.5 Å². The minimum absolute atomic E-state index is 0.00548. The van der Waals surface area contributed by atoms with E-state index in [-0.39, 0.29) is 36.3 Å². The van der Waals surface area contributed by atoms with Gasteiger partial charge in [-0.25, -0.2) is 0 Å². The van der Waals surface area contributed by atoms with Crippen LogP contribution in [0.1, 0.15) is 55.0 Å². The molecule has 3 N–H and O–H groups in total. The molecule has 0 heterocycles. The number of ether oxygens (including phenoxy) is 2. The number of rotatable bonds is 10. The van der Waals surface area contributed by atoms with Crippen molar-refractivity contribution in [2.24, 2.45) is 5.41 Å². The van der Waals surface area contributed by atoms with Crippen LogP contribution in [0.5, 0.6) is 11.5 Å². The molecule has 0 aliphatic carbocycles. The van der Waals surface area contributed by atoms with Gasteiger partial charge in [-0.2, -0.15) is 13.2 Å². The Morgan fingerprint density at radius 3 is 1.67 bits per heavy atom. The monoisotopic (exact) mass is 546 g/mol. The molecule has 39 heavy (non-hydrogen) atoms. The van der Waals surface area contributed by atoms with E-state index in [4.69, 9.17) is 19.7 Å². The van der Waals surface area contributed by atoms with Gasteiger partial charge in [0.1, 0.15) is 23.5 Å². The molecule has 0 saturated carbocycles. The van der Waals surface area contributed by atoms with Crippen LogP contribution in [0.4, 0.5) is 13.2 Å². The predicted octanol–water partition coefficient (Wildman–Crippen LogP) is 6.07. The van der Waals surface area contributed by atoms with E-state index in [1.54, 1.807) is 32.0 Å². The van der Waals surface area contributed by atoms with Crippen LogP contribution in [-0.2, 0) is 5.41 Å². The molecule has 0 spiro atoms. The summed E-state index contributed by atoms with van der Waals surface area (Å²) in [5, 5.41) is 28.5. The van der Waals surface area contributed by atoms with Crippen molar-refractivity contribution < 1.29 is 38.0 Å². The quantitative estimate of drug-likeness (QED) is 0.213. The van der Waals surface area contributed by atoms with Gasteiger partial charge >= 0.3 is 6.18 Å². The molecule has 2 unspecified atom stereocenters. The number of benzene rings is 3. The van der Waals surface area contributed by atoms with Gasteiger partial charge in [0, 0.05) is 6.42 Å². The van der Waals surface area contributed by atoms with Crippen LogP contribution in [0, 0.1) is 19.3 Å². The summed E-state index contributed by atoms with van der Waals surface area (Å²) in [6.07, 6.45) is -7.04. The molecular weight excluding hydrogens is 509 g/mol. The van der Waals surface area contributed by atoms with Gasteiger partial charge in [0.25, 0.3) is 0 Å². The SMILES string of the molecule is Cc1cc(C(c2ccccc2)(c2ccc(OCC(O)C(C)(C)C)c(C)c2)C(F)(F)F)ccc1OCCC(O)O. The van der Waals surface area contributed by atoms with E-state index in [1.807, 2.05) is 20.8 Å². The van der Waals surface area contributed by atoms with Crippen molar-refractivity contribution in [1.82, 2.24) is 0 Å². The highest BCUT2D eigenvalue weighted by molar-refractivity contribution is 5.56. The van der Waals surface area contributed by atoms with Gasteiger partial charge in [0.15, 0.2) is 6.29 Å². The van der Waals surface area contributed by atoms with Crippen molar-refractivity contribution in [2.75, 3.05) is 13.2 Å². The minimum atomic E-state index is -4.72. The summed E-state index contributed by atoms with van der Waals surface area (Å²) < 4.78 is 57.6. The maximum atomic E-state index is 15.4. The van der Waals surface area contributed by atoms with Gasteiger partial charge in [-0.05, 0) is 59.2 Å². The Kier molecular flexibility index (Phi) is 9.36. The summed E-state index contributed by atoms with van der Waals surface area (Å²) in [7, 11) is 0. The summed E-state index contributed by atoms with van der Waals surface area (Å²) in [6.45, 7) is 9.00. The summed E-state index contributed by atoms with van der Waals surface area (Å²) in [4.78, 5) is 0. The number of halogens is 3. The van der Waals surface area contributed by atoms with Crippen LogP contribution in [0.25, 0.3) is 0 Å². The molecule has 0 bridgehead atoms. The van der Waals surface area contributed by atoms with Crippen LogP contribution in [0.15, 0.2) is 66.7 Å². The van der Waals surface area contributed by atoms with Crippen molar-refractivity contribution in [3.63, 3.8) is 0 Å². The first-order valence-corrected chi connectivity index (χ1v) is 12.8. The van der Waals surface area contributed by atoms with Crippen molar-refractivity contribution in [1.29, 1.82) is 0 Å². The summed E-state index contributed by atoms with van der Waals surface area (Å²) in [5.74, 6) is 0.762. The largest absolute Gasteiger partial charge is 0.493 e. The molecule has 0 aliphatic rings. The lowest BCUT2D eigenvalue weighted by Crippen LogP contribution is -2.44. The van der Waals surface area contributed by atoms with Gasteiger partial charge in [-0.1, -0.05) is 75.4 Å². The van der Waals surface area contributed by atoms with Crippen LogP contribution in [0.2, 0.25) is 0 Å². The molecule has 3 aromatic rings. The highest BCUT2D eigenvalue weighted by Gasteiger charge is 2.58. The van der Waals surface area contributed by atoms with E-state index < -0.39 is 29.4 Å². The molecular formula is C31H37F3O5. The summed E-state index contributed by atoms with van der Waals surface area (Å²) in [6, 6.07) is 16.6. The number of aliphatic hydroxyl groups excluding tert-OH is 2. The molecule has 3 rings (SSSR count). The number of alkyl halides is 3. The maximum absolute atomic E-state index is 15.4. The first-order valence-electron chi connectivity index (χ1n) is 12.8. The second-order valence-electron chi connectivity index (χ2n) is 10.9. The van der Waals surface area contributed by atoms with E-state index in [9.17, 15) is 5.11 Å². The third kappa shape index (κ3) is 6.75. The average molecular weight is 547 g/mol. The molecule has 3 aromatic carbocycles. The molecule has 5 nitrogen and oxygen atoms in total. The molecule has 0 aromatic heterocycles. The Balaban J connectivity index is 2.13. The van der Waals surface area contributed by atoms with E-state index >= 15 is 13.2 Å². The lowest BCUT2D eigenvalue weighted by Gasteiger charge is -2.38. The van der Waals surface area contributed by atoms with Gasteiger partial charge in [0.2, 0.25) is 0 Å². The second-order valence-corrected chi connectivity index (χ2v) is 10.9. The smallest absolute Gasteiger partial charge is 0.406 e. The zero-order chi connectivity index (χ0) is 29.0. The lowest BCUT2D eigenvalue weighted by atomic mass is 9.68. The van der Waals surface area contributed by atoms with Gasteiger partial charge in [0.05, 0.1) is 12.7 Å². The topological polar surface area (TPSA) is 79.2 Å². The van der Waals surface area contributed by atoms with Crippen LogP contribution >= 0.6 is 0 Å².